The first-order valence-corrected chi connectivity index (χ1v) is 13.0. The Morgan fingerprint density at radius 1 is 1.10 bits per heavy atom. The lowest BCUT2D eigenvalue weighted by atomic mass is 10.0. The minimum absolute atomic E-state index is 0.0433. The molecule has 10 nitrogen and oxygen atoms in total. The summed E-state index contributed by atoms with van der Waals surface area (Å²) in [5.74, 6) is -3.29. The number of anilines is 5. The fraction of sp³-hybridized carbons (Fsp3) is 0.321. The van der Waals surface area contributed by atoms with Crippen molar-refractivity contribution in [3.05, 3.63) is 72.3 Å². The number of halogens is 3. The second-order valence-electron chi connectivity index (χ2n) is 9.67. The second kappa shape index (κ2) is 12.0. The van der Waals surface area contributed by atoms with Crippen LogP contribution in [-0.2, 0) is 9.63 Å². The van der Waals surface area contributed by atoms with E-state index in [1.54, 1.807) is 19.2 Å². The number of ether oxygens (including phenoxy) is 1. The number of aromatic nitrogens is 2. The number of nitrogens with one attached hydrogen (secondary N) is 2. The Labute approximate surface area is 235 Å². The van der Waals surface area contributed by atoms with E-state index in [1.165, 1.54) is 23.5 Å². The molecule has 2 aromatic carbocycles. The number of amides is 1. The van der Waals surface area contributed by atoms with Gasteiger partial charge in [-0.05, 0) is 25.3 Å². The fourth-order valence-electron chi connectivity index (χ4n) is 4.88. The summed E-state index contributed by atoms with van der Waals surface area (Å²) in [6.45, 7) is 7.06. The Morgan fingerprint density at radius 2 is 1.88 bits per heavy atom. The minimum Gasteiger partial charge on any atom is -0.494 e. The van der Waals surface area contributed by atoms with Gasteiger partial charge in [-0.25, -0.2) is 28.2 Å². The van der Waals surface area contributed by atoms with Gasteiger partial charge in [-0.3, -0.25) is 9.63 Å². The Balaban J connectivity index is 1.45. The summed E-state index contributed by atoms with van der Waals surface area (Å²) < 4.78 is 47.8. The molecule has 2 N–H and O–H groups in total. The molecule has 41 heavy (non-hydrogen) atoms. The second-order valence-corrected chi connectivity index (χ2v) is 9.67. The van der Waals surface area contributed by atoms with Gasteiger partial charge in [0.05, 0.1) is 36.8 Å². The van der Waals surface area contributed by atoms with E-state index in [4.69, 9.17) is 9.57 Å². The first-order chi connectivity index (χ1) is 19.8. The number of piperazine rings is 1. The van der Waals surface area contributed by atoms with Crippen LogP contribution in [0.2, 0.25) is 0 Å². The fourth-order valence-corrected chi connectivity index (χ4v) is 4.88. The van der Waals surface area contributed by atoms with Crippen LogP contribution in [0.4, 0.5) is 41.9 Å². The van der Waals surface area contributed by atoms with Crippen LogP contribution < -0.4 is 25.3 Å². The van der Waals surface area contributed by atoms with Crippen LogP contribution >= 0.6 is 0 Å². The first-order valence-electron chi connectivity index (χ1n) is 13.0. The number of hydrogen-bond acceptors (Lipinski definition) is 9. The number of rotatable bonds is 8. The van der Waals surface area contributed by atoms with Crippen molar-refractivity contribution in [3.63, 3.8) is 0 Å². The van der Waals surface area contributed by atoms with Gasteiger partial charge in [0, 0.05) is 50.3 Å². The molecule has 0 saturated carbocycles. The number of benzene rings is 2. The lowest BCUT2D eigenvalue weighted by molar-refractivity contribution is -0.111. The SMILES string of the molecule is C=CC(=O)Nc1cc(Nc2cc(N3OCC[C@@H]3c3ccc(F)c(F)c3F)ncn2)c(OC)cc1N1CCN(C)CC1. The van der Waals surface area contributed by atoms with Gasteiger partial charge < -0.3 is 25.2 Å². The van der Waals surface area contributed by atoms with E-state index in [-0.39, 0.29) is 23.9 Å². The van der Waals surface area contributed by atoms with Crippen LogP contribution in [0.25, 0.3) is 0 Å². The van der Waals surface area contributed by atoms with Gasteiger partial charge in [0.2, 0.25) is 5.91 Å². The maximum atomic E-state index is 14.6. The minimum atomic E-state index is -1.54. The van der Waals surface area contributed by atoms with E-state index in [1.807, 2.05) is 6.07 Å². The molecule has 1 atom stereocenters. The number of carbonyl (C=O) groups excluding carboxylic acids is 1. The molecule has 1 amide bonds. The zero-order valence-electron chi connectivity index (χ0n) is 22.7. The Hall–Kier alpha value is -4.36. The van der Waals surface area contributed by atoms with E-state index in [0.29, 0.717) is 29.4 Å². The predicted molar refractivity (Wildman–Crippen MR) is 149 cm³/mol. The molecule has 13 heteroatoms. The van der Waals surface area contributed by atoms with Crippen molar-refractivity contribution in [2.24, 2.45) is 0 Å². The van der Waals surface area contributed by atoms with Crippen molar-refractivity contribution in [3.8, 4) is 5.75 Å². The molecular formula is C28H30F3N7O3. The van der Waals surface area contributed by atoms with Gasteiger partial charge in [-0.15, -0.1) is 0 Å². The Bertz CT molecular complexity index is 1450. The maximum absolute atomic E-state index is 14.6. The van der Waals surface area contributed by atoms with E-state index < -0.39 is 23.5 Å². The molecule has 3 aromatic rings. The van der Waals surface area contributed by atoms with Crippen LogP contribution in [0.3, 0.4) is 0 Å². The van der Waals surface area contributed by atoms with E-state index in [0.717, 1.165) is 37.9 Å². The Kier molecular flexibility index (Phi) is 8.26. The third-order valence-electron chi connectivity index (χ3n) is 7.08. The topological polar surface area (TPSA) is 95.1 Å². The molecule has 3 heterocycles. The standard InChI is InChI=1S/C28H30F3N7O3/c1-4-26(39)35-19-13-20(23(40-3)14-22(19)37-10-8-36(2)9-11-37)34-24-15-25(33-16-32-24)38-21(7-12-41-38)17-5-6-18(29)28(31)27(17)30/h4-6,13-16,21H,1,7-12H2,2-3H3,(H,35,39)(H,32,33,34)/t21-/m1/s1. The zero-order valence-corrected chi connectivity index (χ0v) is 22.7. The molecule has 5 rings (SSSR count). The molecule has 2 aliphatic heterocycles. The number of hydrogen-bond donors (Lipinski definition) is 2. The summed E-state index contributed by atoms with van der Waals surface area (Å²) in [5.41, 5.74) is 1.84. The molecule has 2 fully saturated rings. The number of carbonyl (C=O) groups is 1. The van der Waals surface area contributed by atoms with Crippen molar-refractivity contribution in [2.75, 3.05) is 67.5 Å². The molecule has 0 radical (unpaired) electrons. The first kappa shape index (κ1) is 28.2. The van der Waals surface area contributed by atoms with Crippen molar-refractivity contribution in [2.45, 2.75) is 12.5 Å². The third-order valence-corrected chi connectivity index (χ3v) is 7.08. The summed E-state index contributed by atoms with van der Waals surface area (Å²) in [7, 11) is 3.60. The van der Waals surface area contributed by atoms with Gasteiger partial charge in [0.1, 0.15) is 17.9 Å². The normalized spacial score (nSPS) is 17.4. The van der Waals surface area contributed by atoms with E-state index in [2.05, 4.69) is 44.0 Å². The summed E-state index contributed by atoms with van der Waals surface area (Å²) in [5, 5.41) is 7.42. The molecule has 0 aliphatic carbocycles. The summed E-state index contributed by atoms with van der Waals surface area (Å²) >= 11 is 0. The maximum Gasteiger partial charge on any atom is 0.247 e. The molecule has 0 bridgehead atoms. The molecule has 0 spiro atoms. The lowest BCUT2D eigenvalue weighted by Crippen LogP contribution is -2.44. The highest BCUT2D eigenvalue weighted by Crippen LogP contribution is 2.40. The summed E-state index contributed by atoms with van der Waals surface area (Å²) in [4.78, 5) is 30.9. The van der Waals surface area contributed by atoms with Gasteiger partial charge in [-0.1, -0.05) is 12.6 Å². The van der Waals surface area contributed by atoms with E-state index in [9.17, 15) is 18.0 Å². The molecule has 1 aromatic heterocycles. The van der Waals surface area contributed by atoms with Crippen LogP contribution in [0.5, 0.6) is 5.75 Å². The quantitative estimate of drug-likeness (QED) is 0.302. The molecule has 0 unspecified atom stereocenters. The highest BCUT2D eigenvalue weighted by molar-refractivity contribution is 6.02. The van der Waals surface area contributed by atoms with Crippen LogP contribution in [0, 0.1) is 17.5 Å². The summed E-state index contributed by atoms with van der Waals surface area (Å²) in [6, 6.07) is 6.53. The van der Waals surface area contributed by atoms with Gasteiger partial charge >= 0.3 is 0 Å². The number of nitrogens with zero attached hydrogens (tertiary/aromatic N) is 5. The largest absolute Gasteiger partial charge is 0.494 e. The van der Waals surface area contributed by atoms with Crippen LogP contribution in [0.1, 0.15) is 18.0 Å². The van der Waals surface area contributed by atoms with Crippen molar-refractivity contribution in [1.82, 2.24) is 14.9 Å². The number of methoxy groups -OCH3 is 1. The Morgan fingerprint density at radius 3 is 2.61 bits per heavy atom. The smallest absolute Gasteiger partial charge is 0.247 e. The van der Waals surface area contributed by atoms with Crippen LogP contribution in [0.15, 0.2) is 49.3 Å². The van der Waals surface area contributed by atoms with Gasteiger partial charge in [0.15, 0.2) is 23.3 Å². The van der Waals surface area contributed by atoms with Gasteiger partial charge in [-0.2, -0.15) is 0 Å². The predicted octanol–water partition coefficient (Wildman–Crippen LogP) is 4.41. The zero-order chi connectivity index (χ0) is 29.1. The van der Waals surface area contributed by atoms with Crippen LogP contribution in [-0.4, -0.2) is 67.7 Å². The molecule has 2 saturated heterocycles. The van der Waals surface area contributed by atoms with Gasteiger partial charge in [0.25, 0.3) is 0 Å². The molecule has 216 valence electrons. The lowest BCUT2D eigenvalue weighted by Gasteiger charge is -2.35. The van der Waals surface area contributed by atoms with Crippen molar-refractivity contribution < 1.29 is 27.5 Å². The molecule has 2 aliphatic rings. The third kappa shape index (κ3) is 5.91. The average Bonchev–Trinajstić information content (AvgIpc) is 3.46. The highest BCUT2D eigenvalue weighted by Gasteiger charge is 2.33. The monoisotopic (exact) mass is 569 g/mol. The van der Waals surface area contributed by atoms with Crippen molar-refractivity contribution in [1.29, 1.82) is 0 Å². The average molecular weight is 570 g/mol. The van der Waals surface area contributed by atoms with Crippen molar-refractivity contribution >= 4 is 34.6 Å². The molecular weight excluding hydrogens is 539 g/mol. The summed E-state index contributed by atoms with van der Waals surface area (Å²) in [6.07, 6.45) is 2.83. The van der Waals surface area contributed by atoms with E-state index >= 15 is 0 Å². The number of likely N-dealkylation sites (N-methyl/N-ethyl adjacent to an activating group) is 1. The number of hydroxylamine groups is 1. The highest BCUT2D eigenvalue weighted by atomic mass is 19.2.